The van der Waals surface area contributed by atoms with Gasteiger partial charge in [0.1, 0.15) is 0 Å². The van der Waals surface area contributed by atoms with Gasteiger partial charge >= 0.3 is 117 Å². The fourth-order valence-corrected chi connectivity index (χ4v) is 9.47. The zero-order chi connectivity index (χ0) is 11.1. The van der Waals surface area contributed by atoms with Crippen LogP contribution in [0.4, 0.5) is 0 Å². The second kappa shape index (κ2) is 7.70. The molecule has 2 heterocycles. The molecule has 0 saturated carbocycles. The van der Waals surface area contributed by atoms with Crippen molar-refractivity contribution < 1.29 is 0 Å². The number of aryl methyl sites for hydroxylation is 2. The molecule has 0 saturated heterocycles. The van der Waals surface area contributed by atoms with Crippen LogP contribution in [-0.2, 0) is 12.8 Å². The van der Waals surface area contributed by atoms with Crippen molar-refractivity contribution in [3.8, 4) is 0 Å². The van der Waals surface area contributed by atoms with E-state index in [0.717, 1.165) is 26.3 Å². The topological polar surface area (TPSA) is 0 Å². The molecule has 16 heavy (non-hydrogen) atoms. The first-order chi connectivity index (χ1) is 7.95. The van der Waals surface area contributed by atoms with E-state index in [9.17, 15) is 0 Å². The van der Waals surface area contributed by atoms with E-state index in [-0.39, 0.29) is 0 Å². The van der Waals surface area contributed by atoms with Crippen LogP contribution in [0.1, 0.15) is 9.75 Å². The predicted octanol–water partition coefficient (Wildman–Crippen LogP) is 3.75. The van der Waals surface area contributed by atoms with Crippen molar-refractivity contribution in [2.24, 2.45) is 0 Å². The fourth-order valence-electron chi connectivity index (χ4n) is 1.31. The summed E-state index contributed by atoms with van der Waals surface area (Å²) < 4.78 is 0. The zero-order valence-electron chi connectivity index (χ0n) is 8.93. The van der Waals surface area contributed by atoms with Crippen LogP contribution in [0.3, 0.4) is 0 Å². The van der Waals surface area contributed by atoms with Crippen molar-refractivity contribution in [2.75, 3.05) is 0 Å². The molecule has 2 aromatic rings. The monoisotopic (exact) mass is 382 g/mol. The Hall–Kier alpha value is 0.439. The molecular weight excluding hydrogens is 366 g/mol. The summed E-state index contributed by atoms with van der Waals surface area (Å²) in [5, 5.41) is 7.25. The van der Waals surface area contributed by atoms with Crippen LogP contribution in [-0.4, -0.2) is 26.3 Å². The van der Waals surface area contributed by atoms with Gasteiger partial charge in [-0.3, -0.25) is 0 Å². The third-order valence-electron chi connectivity index (χ3n) is 2.11. The molecule has 0 aliphatic heterocycles. The molecule has 0 amide bonds. The summed E-state index contributed by atoms with van der Waals surface area (Å²) in [5.41, 5.74) is 0. The van der Waals surface area contributed by atoms with Crippen molar-refractivity contribution in [1.82, 2.24) is 0 Å². The van der Waals surface area contributed by atoms with Gasteiger partial charge in [-0.1, -0.05) is 0 Å². The van der Waals surface area contributed by atoms with Crippen LogP contribution in [0.2, 0.25) is 10.6 Å². The van der Waals surface area contributed by atoms with E-state index in [1.807, 2.05) is 22.7 Å². The van der Waals surface area contributed by atoms with Gasteiger partial charge in [0.05, 0.1) is 0 Å². The average Bonchev–Trinajstić information content (AvgIpc) is 2.96. The van der Waals surface area contributed by atoms with Crippen LogP contribution in [0.15, 0.2) is 35.0 Å². The first-order valence-corrected chi connectivity index (χ1v) is 13.8. The summed E-state index contributed by atoms with van der Waals surface area (Å²) in [4.78, 5) is 3.13. The molecule has 0 aromatic carbocycles. The number of rotatable bonds is 7. The van der Waals surface area contributed by atoms with E-state index in [4.69, 9.17) is 0 Å². The predicted molar refractivity (Wildman–Crippen MR) is 77.2 cm³/mol. The Kier molecular flexibility index (Phi) is 6.20. The normalized spacial score (nSPS) is 10.8. The quantitative estimate of drug-likeness (QED) is 0.507. The summed E-state index contributed by atoms with van der Waals surface area (Å²) in [6.45, 7) is 0. The average molecular weight is 380 g/mol. The molecule has 86 valence electrons. The Labute approximate surface area is 116 Å². The molecule has 0 spiro atoms. The second-order valence-corrected chi connectivity index (χ2v) is 13.2. The van der Waals surface area contributed by atoms with Gasteiger partial charge in [-0.15, -0.1) is 0 Å². The third-order valence-corrected chi connectivity index (χ3v) is 11.3. The standard InChI is InChI=1S/C12H14S2Se2/c1-3-11(13-7-1)5-9-15-16-10-6-12-4-2-8-14-12/h1-4,7-8H,5-6,9-10H2. The van der Waals surface area contributed by atoms with Gasteiger partial charge < -0.3 is 0 Å². The van der Waals surface area contributed by atoms with Gasteiger partial charge in [0, 0.05) is 0 Å². The Morgan fingerprint density at radius 1 is 0.812 bits per heavy atom. The molecule has 0 unspecified atom stereocenters. The van der Waals surface area contributed by atoms with Crippen molar-refractivity contribution in [2.45, 2.75) is 23.5 Å². The van der Waals surface area contributed by atoms with Crippen molar-refractivity contribution in [1.29, 1.82) is 0 Å². The van der Waals surface area contributed by atoms with Crippen molar-refractivity contribution in [3.63, 3.8) is 0 Å². The van der Waals surface area contributed by atoms with E-state index in [1.54, 1.807) is 9.75 Å². The Bertz CT molecular complexity index is 329. The van der Waals surface area contributed by atoms with Crippen LogP contribution < -0.4 is 0 Å². The van der Waals surface area contributed by atoms with Crippen molar-refractivity contribution >= 4 is 48.9 Å². The molecule has 2 rings (SSSR count). The molecule has 2 aromatic heterocycles. The summed E-state index contributed by atoms with van der Waals surface area (Å²) in [5.74, 6) is 0. The molecule has 0 N–H and O–H groups in total. The molecule has 0 aliphatic rings. The van der Waals surface area contributed by atoms with E-state index >= 15 is 0 Å². The number of thiophene rings is 2. The van der Waals surface area contributed by atoms with E-state index < -0.39 is 0 Å². The van der Waals surface area contributed by atoms with E-state index in [2.05, 4.69) is 35.0 Å². The first kappa shape index (κ1) is 12.9. The molecule has 0 radical (unpaired) electrons. The number of hydrogen-bond acceptors (Lipinski definition) is 2. The van der Waals surface area contributed by atoms with E-state index in [0.29, 0.717) is 0 Å². The number of hydrogen-bond donors (Lipinski definition) is 0. The Balaban J connectivity index is 1.49. The zero-order valence-corrected chi connectivity index (χ0v) is 14.0. The fraction of sp³-hybridized carbons (Fsp3) is 0.333. The van der Waals surface area contributed by atoms with Gasteiger partial charge in [-0.2, -0.15) is 0 Å². The first-order valence-electron chi connectivity index (χ1n) is 5.24. The molecule has 0 fully saturated rings. The Morgan fingerprint density at radius 2 is 1.31 bits per heavy atom. The molecule has 4 heteroatoms. The molecular formula is C12H14S2Se2. The SMILES string of the molecule is c1csc(CC[Se][Se]CCc2cccs2)c1. The van der Waals surface area contributed by atoms with Crippen molar-refractivity contribution in [3.05, 3.63) is 44.8 Å². The van der Waals surface area contributed by atoms with Crippen LogP contribution in [0.5, 0.6) is 0 Å². The van der Waals surface area contributed by atoms with E-state index in [1.165, 1.54) is 23.5 Å². The summed E-state index contributed by atoms with van der Waals surface area (Å²) in [7, 11) is 0. The minimum atomic E-state index is 0.911. The van der Waals surface area contributed by atoms with Gasteiger partial charge in [-0.05, 0) is 0 Å². The molecule has 0 aliphatic carbocycles. The summed E-state index contributed by atoms with van der Waals surface area (Å²) >= 11 is 5.63. The van der Waals surface area contributed by atoms with Crippen LogP contribution >= 0.6 is 22.7 Å². The molecule has 0 nitrogen and oxygen atoms in total. The molecule has 0 bridgehead atoms. The second-order valence-electron chi connectivity index (χ2n) is 3.30. The third kappa shape index (κ3) is 4.75. The summed E-state index contributed by atoms with van der Waals surface area (Å²) in [6.07, 6.45) is 2.64. The maximum absolute atomic E-state index is 2.26. The van der Waals surface area contributed by atoms with Gasteiger partial charge in [-0.25, -0.2) is 0 Å². The minimum absolute atomic E-state index is 0.911. The van der Waals surface area contributed by atoms with Gasteiger partial charge in [0.15, 0.2) is 0 Å². The molecule has 0 atom stereocenters. The van der Waals surface area contributed by atoms with Crippen LogP contribution in [0.25, 0.3) is 0 Å². The summed E-state index contributed by atoms with van der Waals surface area (Å²) in [6, 6.07) is 8.85. The maximum atomic E-state index is 2.26. The van der Waals surface area contributed by atoms with Crippen LogP contribution in [0, 0.1) is 0 Å². The Morgan fingerprint density at radius 3 is 1.69 bits per heavy atom. The van der Waals surface area contributed by atoms with Gasteiger partial charge in [0.2, 0.25) is 0 Å². The van der Waals surface area contributed by atoms with Gasteiger partial charge in [0.25, 0.3) is 0 Å².